The Bertz CT molecular complexity index is 2990. The van der Waals surface area contributed by atoms with E-state index in [1.807, 2.05) is 0 Å². The van der Waals surface area contributed by atoms with Gasteiger partial charge in [0.1, 0.15) is 0 Å². The topological polar surface area (TPSA) is 29.1 Å². The minimum Gasteiger partial charge on any atom is -0.352 e. The van der Waals surface area contributed by atoms with Gasteiger partial charge in [-0.1, -0.05) is 266 Å². The number of carbonyl (C=O) groups excluding carboxylic acids is 1. The maximum atomic E-state index is 13.4. The van der Waals surface area contributed by atoms with Gasteiger partial charge in [-0.25, -0.2) is 0 Å². The van der Waals surface area contributed by atoms with Gasteiger partial charge in [0, 0.05) is 12.5 Å². The first-order chi connectivity index (χ1) is 37.5. The highest BCUT2D eigenvalue weighted by molar-refractivity contribution is 5.83. The molecule has 2 heteroatoms. The van der Waals surface area contributed by atoms with Gasteiger partial charge in [0.2, 0.25) is 5.91 Å². The molecule has 1 N–H and O–H groups in total. The van der Waals surface area contributed by atoms with Gasteiger partial charge < -0.3 is 5.32 Å². The molecule has 0 unspecified atom stereocenters. The Labute approximate surface area is 475 Å². The first-order valence-electron chi connectivity index (χ1n) is 28.7. The van der Waals surface area contributed by atoms with Crippen LogP contribution >= 0.6 is 0 Å². The molecule has 0 heterocycles. The SMILES string of the molecule is CC(C)(C)c1ccc(/C=C/c2cc(/C=C/c3ccc(C(C)(C)C)cc3)cc(/C=C/c3cc(/C=C/c4cc(/C=C/c5ccc(C(C)(C)C)cc5)cc(/C=C/c5ccc(C(C)(C)C)cc5)c4)cc(CNC(=O)C4CCCC4)c3)c2)cc1. The standard InChI is InChI=1S/C77H85NO/c1-74(2,3)69-37-29-55(30-38-69)17-21-59-45-60(22-18-56-31-39-70(40-32-56)75(4,5)6)48-63(47-59)25-27-65-51-66(53-67(52-65)54-78-73(79)68-15-13-14-16-68)28-26-64-49-61(23-19-57-33-41-71(42-34-57)76(7,8)9)46-62(50-64)24-20-58-35-43-72(44-36-58)77(10,11)12/h17-53,68H,13-16,54H2,1-12H3,(H,78,79)/b21-17+,22-18+,23-19+,24-20+,27-25+,28-26+. The zero-order chi connectivity index (χ0) is 56.4. The lowest BCUT2D eigenvalue weighted by atomic mass is 9.86. The lowest BCUT2D eigenvalue weighted by Gasteiger charge is -2.18. The average molecular weight is 1040 g/mol. The van der Waals surface area contributed by atoms with Crippen LogP contribution in [0.25, 0.3) is 72.9 Å². The summed E-state index contributed by atoms with van der Waals surface area (Å²) in [5.41, 5.74) is 20.3. The zero-order valence-electron chi connectivity index (χ0n) is 49.4. The Morgan fingerprint density at radius 3 is 0.747 bits per heavy atom. The average Bonchev–Trinajstić information content (AvgIpc) is 3.98. The second-order valence-electron chi connectivity index (χ2n) is 26.1. The predicted molar refractivity (Wildman–Crippen MR) is 347 cm³/mol. The summed E-state index contributed by atoms with van der Waals surface area (Å²) in [7, 11) is 0. The van der Waals surface area contributed by atoms with E-state index in [9.17, 15) is 4.79 Å². The molecule has 1 amide bonds. The van der Waals surface area contributed by atoms with Crippen LogP contribution in [0.4, 0.5) is 0 Å². The minimum atomic E-state index is 0.101. The molecule has 1 saturated carbocycles. The number of hydrogen-bond acceptors (Lipinski definition) is 1. The highest BCUT2D eigenvalue weighted by Crippen LogP contribution is 2.29. The van der Waals surface area contributed by atoms with Gasteiger partial charge in [-0.3, -0.25) is 4.79 Å². The number of benzene rings is 7. The summed E-state index contributed by atoms with van der Waals surface area (Å²) in [6, 6.07) is 55.8. The van der Waals surface area contributed by atoms with Gasteiger partial charge >= 0.3 is 0 Å². The van der Waals surface area contributed by atoms with Crippen LogP contribution in [0.2, 0.25) is 0 Å². The number of amides is 1. The molecule has 0 aliphatic heterocycles. The summed E-state index contributed by atoms with van der Waals surface area (Å²) in [5, 5.41) is 3.31. The Morgan fingerprint density at radius 1 is 0.329 bits per heavy atom. The molecule has 8 rings (SSSR count). The number of nitrogens with one attached hydrogen (secondary N) is 1. The molecule has 79 heavy (non-hydrogen) atoms. The highest BCUT2D eigenvalue weighted by atomic mass is 16.1. The molecule has 1 fully saturated rings. The van der Waals surface area contributed by atoms with Crippen molar-refractivity contribution in [3.8, 4) is 0 Å². The van der Waals surface area contributed by atoms with Crippen LogP contribution in [0.3, 0.4) is 0 Å². The second-order valence-corrected chi connectivity index (χ2v) is 26.1. The van der Waals surface area contributed by atoms with E-state index >= 15 is 0 Å². The van der Waals surface area contributed by atoms with E-state index in [0.29, 0.717) is 6.54 Å². The molecule has 7 aromatic rings. The summed E-state index contributed by atoms with van der Waals surface area (Å²) in [4.78, 5) is 13.4. The summed E-state index contributed by atoms with van der Waals surface area (Å²) in [6.45, 7) is 27.5. The van der Waals surface area contributed by atoms with Crippen LogP contribution in [0.5, 0.6) is 0 Å². The van der Waals surface area contributed by atoms with Crippen molar-refractivity contribution in [1.82, 2.24) is 5.32 Å². The fourth-order valence-electron chi connectivity index (χ4n) is 10.1. The second kappa shape index (κ2) is 25.1. The zero-order valence-corrected chi connectivity index (χ0v) is 49.4. The molecule has 0 atom stereocenters. The van der Waals surface area contributed by atoms with Gasteiger partial charge in [-0.15, -0.1) is 0 Å². The third-order valence-corrected chi connectivity index (χ3v) is 15.1. The third-order valence-electron chi connectivity index (χ3n) is 15.1. The lowest BCUT2D eigenvalue weighted by Crippen LogP contribution is -2.28. The summed E-state index contributed by atoms with van der Waals surface area (Å²) < 4.78 is 0. The van der Waals surface area contributed by atoms with Crippen molar-refractivity contribution in [1.29, 1.82) is 0 Å². The highest BCUT2D eigenvalue weighted by Gasteiger charge is 2.22. The predicted octanol–water partition coefficient (Wildman–Crippen LogP) is 20.7. The molecule has 0 bridgehead atoms. The van der Waals surface area contributed by atoms with Gasteiger partial charge in [-0.05, 0) is 184 Å². The molecule has 404 valence electrons. The van der Waals surface area contributed by atoms with Crippen molar-refractivity contribution >= 4 is 78.8 Å². The van der Waals surface area contributed by atoms with E-state index in [1.54, 1.807) is 0 Å². The molecule has 1 aliphatic rings. The summed E-state index contributed by atoms with van der Waals surface area (Å²) in [6.07, 6.45) is 30.8. The largest absolute Gasteiger partial charge is 0.352 e. The smallest absolute Gasteiger partial charge is 0.223 e. The fourth-order valence-corrected chi connectivity index (χ4v) is 10.1. The Kier molecular flexibility index (Phi) is 18.3. The Hall–Kier alpha value is -7.55. The van der Waals surface area contributed by atoms with Gasteiger partial charge in [0.05, 0.1) is 0 Å². The quantitative estimate of drug-likeness (QED) is 0.102. The molecular formula is C77H85NO. The third kappa shape index (κ3) is 17.2. The van der Waals surface area contributed by atoms with Gasteiger partial charge in [-0.2, -0.15) is 0 Å². The summed E-state index contributed by atoms with van der Waals surface area (Å²) in [5.74, 6) is 0.269. The van der Waals surface area contributed by atoms with Crippen LogP contribution in [0.1, 0.15) is 203 Å². The van der Waals surface area contributed by atoms with Crippen LogP contribution in [-0.2, 0) is 33.0 Å². The molecule has 2 nitrogen and oxygen atoms in total. The van der Waals surface area contributed by atoms with E-state index in [-0.39, 0.29) is 33.5 Å². The van der Waals surface area contributed by atoms with E-state index < -0.39 is 0 Å². The first-order valence-corrected chi connectivity index (χ1v) is 28.7. The molecule has 7 aromatic carbocycles. The first kappa shape index (κ1) is 57.6. The summed E-state index contributed by atoms with van der Waals surface area (Å²) >= 11 is 0. The van der Waals surface area contributed by atoms with Crippen molar-refractivity contribution < 1.29 is 4.79 Å². The van der Waals surface area contributed by atoms with E-state index in [0.717, 1.165) is 75.8 Å². The van der Waals surface area contributed by atoms with Crippen LogP contribution in [0, 0.1) is 5.92 Å². The lowest BCUT2D eigenvalue weighted by molar-refractivity contribution is -0.124. The number of hydrogen-bond donors (Lipinski definition) is 1. The van der Waals surface area contributed by atoms with Crippen molar-refractivity contribution in [3.05, 3.63) is 246 Å². The Morgan fingerprint density at radius 2 is 0.532 bits per heavy atom. The van der Waals surface area contributed by atoms with Crippen LogP contribution in [-0.4, -0.2) is 5.91 Å². The molecule has 0 spiro atoms. The monoisotopic (exact) mass is 1040 g/mol. The van der Waals surface area contributed by atoms with Crippen molar-refractivity contribution in [2.45, 2.75) is 137 Å². The Balaban J connectivity index is 1.13. The van der Waals surface area contributed by atoms with E-state index in [2.05, 4.69) is 313 Å². The van der Waals surface area contributed by atoms with Crippen LogP contribution in [0.15, 0.2) is 152 Å². The molecule has 1 aliphatic carbocycles. The van der Waals surface area contributed by atoms with E-state index in [4.69, 9.17) is 0 Å². The minimum absolute atomic E-state index is 0.101. The van der Waals surface area contributed by atoms with Crippen molar-refractivity contribution in [2.75, 3.05) is 0 Å². The van der Waals surface area contributed by atoms with Crippen molar-refractivity contribution in [3.63, 3.8) is 0 Å². The fraction of sp³-hybridized carbons (Fsp3) is 0.286. The normalized spacial score (nSPS) is 14.1. The molecule has 0 radical (unpaired) electrons. The number of carbonyl (C=O) groups is 1. The van der Waals surface area contributed by atoms with Crippen molar-refractivity contribution in [2.24, 2.45) is 5.92 Å². The molecular weight excluding hydrogens is 955 g/mol. The van der Waals surface area contributed by atoms with Crippen LogP contribution < -0.4 is 5.32 Å². The molecule has 0 aromatic heterocycles. The maximum absolute atomic E-state index is 13.4. The molecule has 0 saturated heterocycles. The van der Waals surface area contributed by atoms with Gasteiger partial charge in [0.25, 0.3) is 0 Å². The number of rotatable bonds is 15. The van der Waals surface area contributed by atoms with E-state index in [1.165, 1.54) is 44.5 Å². The maximum Gasteiger partial charge on any atom is 0.223 e. The van der Waals surface area contributed by atoms with Gasteiger partial charge in [0.15, 0.2) is 0 Å².